The predicted octanol–water partition coefficient (Wildman–Crippen LogP) is 3.34. The third-order valence-corrected chi connectivity index (χ3v) is 4.93. The number of para-hydroxylation sites is 1. The summed E-state index contributed by atoms with van der Waals surface area (Å²) in [6.45, 7) is 1.26. The van der Waals surface area contributed by atoms with Crippen molar-refractivity contribution in [2.45, 2.75) is 44.2 Å². The molecular weight excluding hydrogens is 302 g/mol. The molecule has 1 aromatic heterocycles. The highest BCUT2D eigenvalue weighted by atomic mass is 16.5. The van der Waals surface area contributed by atoms with Gasteiger partial charge < -0.3 is 15.0 Å². The normalized spacial score (nSPS) is 19.1. The Morgan fingerprint density at radius 1 is 1.08 bits per heavy atom. The first-order chi connectivity index (χ1) is 11.8. The first-order valence-corrected chi connectivity index (χ1v) is 8.86. The molecule has 0 spiro atoms. The van der Waals surface area contributed by atoms with Gasteiger partial charge in [0, 0.05) is 17.5 Å². The zero-order chi connectivity index (χ0) is 16.4. The van der Waals surface area contributed by atoms with Gasteiger partial charge in [-0.1, -0.05) is 37.5 Å². The van der Waals surface area contributed by atoms with Crippen molar-refractivity contribution in [1.29, 1.82) is 0 Å². The molecule has 1 N–H and O–H groups in total. The second-order valence-corrected chi connectivity index (χ2v) is 6.77. The third kappa shape index (κ3) is 3.30. The molecule has 1 aliphatic carbocycles. The molecule has 1 aromatic carbocycles. The first kappa shape index (κ1) is 15.2. The number of urea groups is 1. The summed E-state index contributed by atoms with van der Waals surface area (Å²) in [6, 6.07) is 12.3. The number of nitrogens with zero attached hydrogens (tertiary/aromatic N) is 2. The fourth-order valence-electron chi connectivity index (χ4n) is 3.48. The number of nitrogens with one attached hydrogen (secondary N) is 1. The molecule has 4 rings (SSSR count). The maximum absolute atomic E-state index is 12.2. The highest BCUT2D eigenvalue weighted by Crippen LogP contribution is 2.21. The zero-order valence-electron chi connectivity index (χ0n) is 13.8. The number of aromatic nitrogens is 1. The number of amides is 2. The summed E-state index contributed by atoms with van der Waals surface area (Å²) in [7, 11) is 0. The molecule has 1 aliphatic heterocycles. The largest absolute Gasteiger partial charge is 0.471 e. The van der Waals surface area contributed by atoms with Gasteiger partial charge in [-0.2, -0.15) is 0 Å². The maximum Gasteiger partial charge on any atom is 0.317 e. The Labute approximate surface area is 142 Å². The lowest BCUT2D eigenvalue weighted by atomic mass is 9.95. The molecule has 1 saturated heterocycles. The summed E-state index contributed by atoms with van der Waals surface area (Å²) in [6.07, 6.45) is 6.01. The van der Waals surface area contributed by atoms with E-state index in [4.69, 9.17) is 4.74 Å². The minimum atomic E-state index is 0.0377. The molecule has 24 heavy (non-hydrogen) atoms. The van der Waals surface area contributed by atoms with Crippen LogP contribution in [0, 0.1) is 0 Å². The van der Waals surface area contributed by atoms with E-state index in [9.17, 15) is 4.79 Å². The first-order valence-electron chi connectivity index (χ1n) is 8.86. The van der Waals surface area contributed by atoms with E-state index in [-0.39, 0.29) is 12.1 Å². The van der Waals surface area contributed by atoms with Crippen LogP contribution >= 0.6 is 0 Å². The number of rotatable bonds is 3. The number of ether oxygens (including phenoxy) is 1. The third-order valence-electron chi connectivity index (χ3n) is 4.93. The molecular formula is C19H23N3O2. The molecule has 5 heteroatoms. The Morgan fingerprint density at radius 3 is 2.71 bits per heavy atom. The van der Waals surface area contributed by atoms with Gasteiger partial charge in [0.2, 0.25) is 5.88 Å². The van der Waals surface area contributed by atoms with Crippen LogP contribution in [0.1, 0.15) is 32.1 Å². The van der Waals surface area contributed by atoms with E-state index < -0.39 is 0 Å². The van der Waals surface area contributed by atoms with Crippen molar-refractivity contribution in [2.75, 3.05) is 13.1 Å². The Kier molecular flexibility index (Phi) is 4.24. The van der Waals surface area contributed by atoms with Gasteiger partial charge in [0.15, 0.2) is 0 Å². The molecule has 2 aliphatic rings. The Hall–Kier alpha value is -2.30. The number of likely N-dealkylation sites (tertiary alicyclic amines) is 1. The van der Waals surface area contributed by atoms with Crippen molar-refractivity contribution in [3.05, 3.63) is 36.4 Å². The summed E-state index contributed by atoms with van der Waals surface area (Å²) < 4.78 is 5.90. The van der Waals surface area contributed by atoms with Gasteiger partial charge in [0.05, 0.1) is 18.6 Å². The molecule has 2 heterocycles. The minimum absolute atomic E-state index is 0.0377. The molecule has 0 atom stereocenters. The summed E-state index contributed by atoms with van der Waals surface area (Å²) in [5, 5.41) is 4.25. The highest BCUT2D eigenvalue weighted by Gasteiger charge is 2.33. The van der Waals surface area contributed by atoms with Crippen LogP contribution < -0.4 is 10.1 Å². The number of hydrogen-bond acceptors (Lipinski definition) is 3. The maximum atomic E-state index is 12.2. The molecule has 0 bridgehead atoms. The van der Waals surface area contributed by atoms with Crippen LogP contribution in [0.15, 0.2) is 36.4 Å². The van der Waals surface area contributed by atoms with E-state index in [1.807, 2.05) is 41.3 Å². The molecule has 2 fully saturated rings. The lowest BCUT2D eigenvalue weighted by molar-refractivity contribution is 0.0402. The summed E-state index contributed by atoms with van der Waals surface area (Å²) >= 11 is 0. The van der Waals surface area contributed by atoms with E-state index in [0.717, 1.165) is 23.7 Å². The van der Waals surface area contributed by atoms with E-state index in [0.29, 0.717) is 25.0 Å². The molecule has 0 unspecified atom stereocenters. The quantitative estimate of drug-likeness (QED) is 0.941. The van der Waals surface area contributed by atoms with Gasteiger partial charge >= 0.3 is 6.03 Å². The number of carbonyl (C=O) groups is 1. The number of hydrogen-bond donors (Lipinski definition) is 1. The second kappa shape index (κ2) is 6.67. The smallest absolute Gasteiger partial charge is 0.317 e. The van der Waals surface area contributed by atoms with Gasteiger partial charge in [0.1, 0.15) is 6.10 Å². The van der Waals surface area contributed by atoms with Crippen LogP contribution in [0.4, 0.5) is 4.79 Å². The average Bonchev–Trinajstić information content (AvgIpc) is 2.58. The summed E-state index contributed by atoms with van der Waals surface area (Å²) in [4.78, 5) is 18.5. The van der Waals surface area contributed by atoms with Crippen LogP contribution in [0.3, 0.4) is 0 Å². The fourth-order valence-corrected chi connectivity index (χ4v) is 3.48. The second-order valence-electron chi connectivity index (χ2n) is 6.77. The Balaban J connectivity index is 1.28. The fraction of sp³-hybridized carbons (Fsp3) is 0.474. The van der Waals surface area contributed by atoms with Crippen LogP contribution in [0.2, 0.25) is 0 Å². The molecule has 2 aromatic rings. The Morgan fingerprint density at radius 2 is 1.88 bits per heavy atom. The van der Waals surface area contributed by atoms with Crippen LogP contribution in [-0.2, 0) is 0 Å². The van der Waals surface area contributed by atoms with Crippen molar-refractivity contribution in [3.63, 3.8) is 0 Å². The zero-order valence-corrected chi connectivity index (χ0v) is 13.8. The lowest BCUT2D eigenvalue weighted by Gasteiger charge is -2.39. The molecule has 1 saturated carbocycles. The van der Waals surface area contributed by atoms with Crippen LogP contribution in [0.5, 0.6) is 5.88 Å². The van der Waals surface area contributed by atoms with Crippen LogP contribution in [0.25, 0.3) is 10.9 Å². The van der Waals surface area contributed by atoms with Gasteiger partial charge in [-0.3, -0.25) is 0 Å². The molecule has 2 amide bonds. The molecule has 5 nitrogen and oxygen atoms in total. The summed E-state index contributed by atoms with van der Waals surface area (Å²) in [5.74, 6) is 0.631. The van der Waals surface area contributed by atoms with Gasteiger partial charge in [-0.25, -0.2) is 9.78 Å². The molecule has 0 radical (unpaired) electrons. The topological polar surface area (TPSA) is 54.5 Å². The van der Waals surface area contributed by atoms with Gasteiger partial charge in [-0.15, -0.1) is 0 Å². The van der Waals surface area contributed by atoms with Gasteiger partial charge in [-0.05, 0) is 25.0 Å². The van der Waals surface area contributed by atoms with E-state index in [1.165, 1.54) is 19.3 Å². The Bertz CT molecular complexity index is 721. The van der Waals surface area contributed by atoms with Crippen LogP contribution in [-0.4, -0.2) is 41.2 Å². The predicted molar refractivity (Wildman–Crippen MR) is 93.1 cm³/mol. The number of carbonyl (C=O) groups excluding carboxylic acids is 1. The van der Waals surface area contributed by atoms with Crippen molar-refractivity contribution >= 4 is 16.9 Å². The SMILES string of the molecule is O=C(NC1CCCCC1)N1CC(Oc2ccc3ccccc3n2)C1. The number of pyridine rings is 1. The highest BCUT2D eigenvalue weighted by molar-refractivity contribution is 5.78. The van der Waals surface area contributed by atoms with Crippen molar-refractivity contribution in [2.24, 2.45) is 0 Å². The summed E-state index contributed by atoms with van der Waals surface area (Å²) in [5.41, 5.74) is 0.932. The van der Waals surface area contributed by atoms with Gasteiger partial charge in [0.25, 0.3) is 0 Å². The lowest BCUT2D eigenvalue weighted by Crippen LogP contribution is -2.60. The number of fused-ring (bicyclic) bond motifs is 1. The van der Waals surface area contributed by atoms with Crippen molar-refractivity contribution in [3.8, 4) is 5.88 Å². The van der Waals surface area contributed by atoms with Crippen molar-refractivity contribution in [1.82, 2.24) is 15.2 Å². The minimum Gasteiger partial charge on any atom is -0.471 e. The van der Waals surface area contributed by atoms with E-state index >= 15 is 0 Å². The van der Waals surface area contributed by atoms with Crippen molar-refractivity contribution < 1.29 is 9.53 Å². The monoisotopic (exact) mass is 325 g/mol. The number of benzene rings is 1. The standard InChI is InChI=1S/C19H23N3O2/c23-19(20-15-7-2-1-3-8-15)22-12-16(13-22)24-18-11-10-14-6-4-5-9-17(14)21-18/h4-6,9-11,15-16H,1-3,7-8,12-13H2,(H,20,23). The molecule has 126 valence electrons. The average molecular weight is 325 g/mol. The van der Waals surface area contributed by atoms with E-state index in [1.54, 1.807) is 0 Å². The van der Waals surface area contributed by atoms with E-state index in [2.05, 4.69) is 10.3 Å².